The summed E-state index contributed by atoms with van der Waals surface area (Å²) in [5, 5.41) is 0.410. The smallest absolute Gasteiger partial charge is 0.166 e. The highest BCUT2D eigenvalue weighted by atomic mass is 79.9. The normalized spacial score (nSPS) is 10.2. The third-order valence-corrected chi connectivity index (χ3v) is 2.94. The minimum Gasteiger partial charge on any atom is -0.453 e. The molecule has 0 bridgehead atoms. The molecule has 2 aromatic rings. The van der Waals surface area contributed by atoms with Crippen molar-refractivity contribution in [3.05, 3.63) is 57.3 Å². The molecule has 2 nitrogen and oxygen atoms in total. The number of rotatable bonds is 3. The first kappa shape index (κ1) is 13.1. The lowest BCUT2D eigenvalue weighted by atomic mass is 10.2. The van der Waals surface area contributed by atoms with Crippen LogP contribution >= 0.6 is 27.5 Å². The van der Waals surface area contributed by atoms with Gasteiger partial charge in [-0.3, -0.25) is 4.79 Å². The van der Waals surface area contributed by atoms with Gasteiger partial charge in [0.25, 0.3) is 0 Å². The fourth-order valence-corrected chi connectivity index (χ4v) is 1.87. The van der Waals surface area contributed by atoms with Crippen LogP contribution in [0.25, 0.3) is 0 Å². The van der Waals surface area contributed by atoms with E-state index in [2.05, 4.69) is 15.9 Å². The molecule has 0 amide bonds. The Labute approximate surface area is 116 Å². The molecule has 0 spiro atoms. The van der Waals surface area contributed by atoms with Gasteiger partial charge in [-0.1, -0.05) is 27.5 Å². The van der Waals surface area contributed by atoms with Crippen LogP contribution in [0.15, 0.2) is 40.9 Å². The first-order valence-electron chi connectivity index (χ1n) is 4.98. The van der Waals surface area contributed by atoms with E-state index in [0.29, 0.717) is 21.3 Å². The Hall–Kier alpha value is -1.39. The van der Waals surface area contributed by atoms with Gasteiger partial charge < -0.3 is 4.74 Å². The van der Waals surface area contributed by atoms with E-state index in [1.807, 2.05) is 0 Å². The Bertz CT molecular complexity index is 602. The molecule has 0 saturated heterocycles. The van der Waals surface area contributed by atoms with Crippen LogP contribution in [0.3, 0.4) is 0 Å². The summed E-state index contributed by atoms with van der Waals surface area (Å²) in [6.07, 6.45) is 0.627. The lowest BCUT2D eigenvalue weighted by Gasteiger charge is -2.09. The molecule has 0 atom stereocenters. The first-order valence-corrected chi connectivity index (χ1v) is 6.15. The minimum atomic E-state index is -0.527. The van der Waals surface area contributed by atoms with Crippen molar-refractivity contribution >= 4 is 33.8 Å². The van der Waals surface area contributed by atoms with Crippen LogP contribution in [0.1, 0.15) is 10.4 Å². The molecule has 0 radical (unpaired) electrons. The lowest BCUT2D eigenvalue weighted by Crippen LogP contribution is -1.92. The zero-order chi connectivity index (χ0) is 13.1. The second-order valence-corrected chi connectivity index (χ2v) is 4.83. The zero-order valence-corrected chi connectivity index (χ0v) is 11.3. The number of ether oxygens (including phenoxy) is 1. The molecule has 2 rings (SSSR count). The molecule has 5 heteroatoms. The van der Waals surface area contributed by atoms with Gasteiger partial charge in [0, 0.05) is 15.6 Å². The molecule has 0 aliphatic rings. The SMILES string of the molecule is O=Cc1ccc(Cl)cc1Oc1ccc(Br)cc1F. The van der Waals surface area contributed by atoms with Gasteiger partial charge in [-0.2, -0.15) is 0 Å². The second kappa shape index (κ2) is 5.50. The standard InChI is InChI=1S/C13H7BrClFO2/c14-9-2-4-12(11(16)5-9)18-13-6-10(15)3-1-8(13)7-17/h1-7H. The molecule has 0 N–H and O–H groups in total. The van der Waals surface area contributed by atoms with E-state index < -0.39 is 5.82 Å². The summed E-state index contributed by atoms with van der Waals surface area (Å²) in [5.74, 6) is -0.275. The van der Waals surface area contributed by atoms with E-state index in [-0.39, 0.29) is 11.5 Å². The van der Waals surface area contributed by atoms with Gasteiger partial charge in [-0.05, 0) is 30.3 Å². The third kappa shape index (κ3) is 2.89. The number of hydrogen-bond donors (Lipinski definition) is 0. The van der Waals surface area contributed by atoms with Crippen molar-refractivity contribution < 1.29 is 13.9 Å². The highest BCUT2D eigenvalue weighted by Crippen LogP contribution is 2.30. The van der Waals surface area contributed by atoms with Gasteiger partial charge in [0.2, 0.25) is 0 Å². The third-order valence-electron chi connectivity index (χ3n) is 2.22. The van der Waals surface area contributed by atoms with E-state index in [1.54, 1.807) is 12.1 Å². The molecule has 0 unspecified atom stereocenters. The number of halogens is 3. The Morgan fingerprint density at radius 3 is 2.61 bits per heavy atom. The van der Waals surface area contributed by atoms with E-state index in [0.717, 1.165) is 0 Å². The van der Waals surface area contributed by atoms with E-state index >= 15 is 0 Å². The van der Waals surface area contributed by atoms with Crippen molar-refractivity contribution in [2.24, 2.45) is 0 Å². The molecule has 2 aromatic carbocycles. The fourth-order valence-electron chi connectivity index (χ4n) is 1.37. The van der Waals surface area contributed by atoms with Crippen molar-refractivity contribution in [2.45, 2.75) is 0 Å². The quantitative estimate of drug-likeness (QED) is 0.753. The van der Waals surface area contributed by atoms with Gasteiger partial charge in [-0.15, -0.1) is 0 Å². The van der Waals surface area contributed by atoms with E-state index in [4.69, 9.17) is 16.3 Å². The summed E-state index contributed by atoms with van der Waals surface area (Å²) in [5.41, 5.74) is 0.307. The highest BCUT2D eigenvalue weighted by Gasteiger charge is 2.09. The highest BCUT2D eigenvalue weighted by molar-refractivity contribution is 9.10. The fraction of sp³-hybridized carbons (Fsp3) is 0. The van der Waals surface area contributed by atoms with Gasteiger partial charge in [0.05, 0.1) is 5.56 Å². The van der Waals surface area contributed by atoms with Crippen molar-refractivity contribution in [2.75, 3.05) is 0 Å². The van der Waals surface area contributed by atoms with E-state index in [1.165, 1.54) is 24.3 Å². The topological polar surface area (TPSA) is 26.3 Å². The number of carbonyl (C=O) groups is 1. The van der Waals surface area contributed by atoms with Gasteiger partial charge in [0.15, 0.2) is 17.9 Å². The number of benzene rings is 2. The summed E-state index contributed by atoms with van der Waals surface area (Å²) in [6, 6.07) is 8.93. The van der Waals surface area contributed by atoms with Crippen LogP contribution in [0, 0.1) is 5.82 Å². The van der Waals surface area contributed by atoms with E-state index in [9.17, 15) is 9.18 Å². The Morgan fingerprint density at radius 1 is 1.17 bits per heavy atom. The predicted molar refractivity (Wildman–Crippen MR) is 71.0 cm³/mol. The van der Waals surface area contributed by atoms with Crippen LogP contribution in [0.5, 0.6) is 11.5 Å². The van der Waals surface area contributed by atoms with Crippen molar-refractivity contribution in [1.82, 2.24) is 0 Å². The molecule has 0 aromatic heterocycles. The summed E-state index contributed by atoms with van der Waals surface area (Å²) in [6.45, 7) is 0. The maximum atomic E-state index is 13.6. The minimum absolute atomic E-state index is 0.0311. The Balaban J connectivity index is 2.39. The number of carbonyl (C=O) groups excluding carboxylic acids is 1. The van der Waals surface area contributed by atoms with Crippen LogP contribution in [0.2, 0.25) is 5.02 Å². The summed E-state index contributed by atoms with van der Waals surface area (Å²) >= 11 is 8.96. The largest absolute Gasteiger partial charge is 0.453 e. The molecule has 0 fully saturated rings. The first-order chi connectivity index (χ1) is 8.60. The maximum Gasteiger partial charge on any atom is 0.166 e. The van der Waals surface area contributed by atoms with Crippen LogP contribution in [0.4, 0.5) is 4.39 Å². The second-order valence-electron chi connectivity index (χ2n) is 3.48. The molecular weight excluding hydrogens is 322 g/mol. The Kier molecular flexibility index (Phi) is 3.99. The van der Waals surface area contributed by atoms with Crippen LogP contribution in [-0.2, 0) is 0 Å². The summed E-state index contributed by atoms with van der Waals surface area (Å²) in [7, 11) is 0. The van der Waals surface area contributed by atoms with Gasteiger partial charge >= 0.3 is 0 Å². The van der Waals surface area contributed by atoms with Crippen molar-refractivity contribution in [3.63, 3.8) is 0 Å². The number of hydrogen-bond acceptors (Lipinski definition) is 2. The summed E-state index contributed by atoms with van der Waals surface area (Å²) < 4.78 is 19.6. The van der Waals surface area contributed by atoms with Crippen molar-refractivity contribution in [1.29, 1.82) is 0 Å². The van der Waals surface area contributed by atoms with Crippen molar-refractivity contribution in [3.8, 4) is 11.5 Å². The Morgan fingerprint density at radius 2 is 1.94 bits per heavy atom. The lowest BCUT2D eigenvalue weighted by molar-refractivity contribution is 0.112. The molecule has 92 valence electrons. The summed E-state index contributed by atoms with van der Waals surface area (Å²) in [4.78, 5) is 10.8. The average molecular weight is 330 g/mol. The molecule has 0 saturated carbocycles. The molecular formula is C13H7BrClFO2. The van der Waals surface area contributed by atoms with Crippen LogP contribution in [-0.4, -0.2) is 6.29 Å². The molecule has 0 aliphatic carbocycles. The molecule has 0 heterocycles. The van der Waals surface area contributed by atoms with Gasteiger partial charge in [0.1, 0.15) is 5.75 Å². The molecule has 18 heavy (non-hydrogen) atoms. The predicted octanol–water partition coefficient (Wildman–Crippen LogP) is 4.85. The number of aldehydes is 1. The van der Waals surface area contributed by atoms with Gasteiger partial charge in [-0.25, -0.2) is 4.39 Å². The van der Waals surface area contributed by atoms with Crippen LogP contribution < -0.4 is 4.74 Å². The molecule has 0 aliphatic heterocycles. The average Bonchev–Trinajstić information content (AvgIpc) is 2.33. The monoisotopic (exact) mass is 328 g/mol. The maximum absolute atomic E-state index is 13.6. The zero-order valence-electron chi connectivity index (χ0n) is 8.99.